The van der Waals surface area contributed by atoms with Crippen molar-refractivity contribution < 1.29 is 4.79 Å². The Balaban J connectivity index is 2.14. The summed E-state index contributed by atoms with van der Waals surface area (Å²) in [4.78, 5) is 45.1. The Hall–Kier alpha value is -2.61. The number of rotatable bonds is 3. The number of hydrogen-bond acceptors (Lipinski definition) is 5. The van der Waals surface area contributed by atoms with E-state index < -0.39 is 11.2 Å². The normalized spacial score (nSPS) is 11.0. The van der Waals surface area contributed by atoms with Crippen molar-refractivity contribution >= 4 is 32.9 Å². The van der Waals surface area contributed by atoms with E-state index in [0.717, 1.165) is 4.57 Å². The second-order valence-electron chi connectivity index (χ2n) is 5.31. The van der Waals surface area contributed by atoms with Gasteiger partial charge in [-0.2, -0.15) is 0 Å². The van der Waals surface area contributed by atoms with Crippen LogP contribution < -0.4 is 11.2 Å². The quantitative estimate of drug-likeness (QED) is 0.629. The first-order valence-electron chi connectivity index (χ1n) is 7.10. The number of halogens is 1. The minimum absolute atomic E-state index is 0.000465. The smallest absolute Gasteiger partial charge is 0.294 e. The molecule has 0 fully saturated rings. The summed E-state index contributed by atoms with van der Waals surface area (Å²) in [5.41, 5.74) is 0.111. The van der Waals surface area contributed by atoms with Gasteiger partial charge in [0.05, 0.1) is 12.1 Å². The van der Waals surface area contributed by atoms with E-state index in [-0.39, 0.29) is 23.4 Å². The number of ketones is 1. The van der Waals surface area contributed by atoms with Crippen molar-refractivity contribution in [1.29, 1.82) is 0 Å². The topological polar surface area (TPSA) is 86.8 Å². The molecule has 0 saturated carbocycles. The molecule has 0 aliphatic heterocycles. The lowest BCUT2D eigenvalue weighted by atomic mass is 10.1. The number of fused-ring (bicyclic) bond motifs is 1. The fraction of sp³-hybridized carbons (Fsp3) is 0.188. The van der Waals surface area contributed by atoms with E-state index in [1.807, 2.05) is 6.07 Å². The maximum Gasteiger partial charge on any atom is 0.332 e. The maximum atomic E-state index is 12.3. The highest BCUT2D eigenvalue weighted by atomic mass is 79.9. The third-order valence-electron chi connectivity index (χ3n) is 3.72. The second-order valence-corrected chi connectivity index (χ2v) is 6.06. The number of benzene rings is 1. The molecular formula is C16H13BrN4O3. The van der Waals surface area contributed by atoms with Crippen LogP contribution in [0.1, 0.15) is 16.1 Å². The lowest BCUT2D eigenvalue weighted by molar-refractivity contribution is 0.0991. The Morgan fingerprint density at radius 3 is 2.42 bits per heavy atom. The predicted octanol–water partition coefficient (Wildman–Crippen LogP) is 1.22. The molecule has 1 aromatic carbocycles. The molecule has 0 aliphatic carbocycles. The van der Waals surface area contributed by atoms with Crippen LogP contribution in [-0.4, -0.2) is 24.9 Å². The molecule has 7 nitrogen and oxygen atoms in total. The summed E-state index contributed by atoms with van der Waals surface area (Å²) < 4.78 is 2.55. The van der Waals surface area contributed by atoms with Crippen molar-refractivity contribution in [3.8, 4) is 0 Å². The number of hydrogen-bond donors (Lipinski definition) is 0. The molecule has 3 rings (SSSR count). The molecule has 0 atom stereocenters. The van der Waals surface area contributed by atoms with Crippen molar-refractivity contribution in [2.45, 2.75) is 6.42 Å². The molecular weight excluding hydrogens is 376 g/mol. The van der Waals surface area contributed by atoms with Crippen molar-refractivity contribution in [1.82, 2.24) is 19.1 Å². The summed E-state index contributed by atoms with van der Waals surface area (Å²) in [7, 11) is 2.89. The minimum Gasteiger partial charge on any atom is -0.294 e. The second kappa shape index (κ2) is 6.12. The van der Waals surface area contributed by atoms with Crippen LogP contribution in [0.15, 0.2) is 44.5 Å². The number of carbonyl (C=O) groups is 1. The highest BCUT2D eigenvalue weighted by Crippen LogP contribution is 2.17. The van der Waals surface area contributed by atoms with Gasteiger partial charge < -0.3 is 0 Å². The number of carbonyl (C=O) groups excluding carboxylic acids is 1. The molecule has 2 aromatic heterocycles. The van der Waals surface area contributed by atoms with Gasteiger partial charge in [0, 0.05) is 19.7 Å². The van der Waals surface area contributed by atoms with Crippen LogP contribution in [0.5, 0.6) is 0 Å². The van der Waals surface area contributed by atoms with Crippen molar-refractivity contribution in [2.75, 3.05) is 0 Å². The molecule has 0 radical (unpaired) electrons. The summed E-state index contributed by atoms with van der Waals surface area (Å²) in [6.07, 6.45) is -0.000465. The fourth-order valence-corrected chi connectivity index (χ4v) is 2.77. The van der Waals surface area contributed by atoms with E-state index in [9.17, 15) is 14.4 Å². The summed E-state index contributed by atoms with van der Waals surface area (Å²) in [6, 6.07) is 8.81. The summed E-state index contributed by atoms with van der Waals surface area (Å²) in [5, 5.41) is 0. The highest BCUT2D eigenvalue weighted by molar-refractivity contribution is 9.10. The molecule has 0 N–H and O–H groups in total. The van der Waals surface area contributed by atoms with E-state index in [1.54, 1.807) is 24.3 Å². The summed E-state index contributed by atoms with van der Waals surface area (Å²) in [6.45, 7) is 0. The molecule has 0 aliphatic rings. The maximum absolute atomic E-state index is 12.3. The van der Waals surface area contributed by atoms with E-state index in [1.165, 1.54) is 18.7 Å². The van der Waals surface area contributed by atoms with Gasteiger partial charge >= 0.3 is 5.69 Å². The molecule has 0 spiro atoms. The SMILES string of the molecule is Cn1c(=O)c2nc(CC(=O)c3ccccc3)c(Br)nc2n(C)c1=O. The average Bonchev–Trinajstić information content (AvgIpc) is 2.60. The first-order chi connectivity index (χ1) is 11.4. The Kier molecular flexibility index (Phi) is 4.15. The zero-order valence-electron chi connectivity index (χ0n) is 13.0. The minimum atomic E-state index is -0.540. The van der Waals surface area contributed by atoms with Gasteiger partial charge in [-0.3, -0.25) is 18.7 Å². The zero-order chi connectivity index (χ0) is 17.4. The van der Waals surface area contributed by atoms with Gasteiger partial charge in [-0.1, -0.05) is 30.3 Å². The van der Waals surface area contributed by atoms with Crippen LogP contribution in [0.3, 0.4) is 0 Å². The molecule has 0 amide bonds. The Bertz CT molecular complexity index is 1070. The molecule has 8 heteroatoms. The van der Waals surface area contributed by atoms with Crippen LogP contribution in [0.4, 0.5) is 0 Å². The van der Waals surface area contributed by atoms with Gasteiger partial charge in [0.15, 0.2) is 16.9 Å². The van der Waals surface area contributed by atoms with Gasteiger partial charge in [-0.25, -0.2) is 14.8 Å². The largest absolute Gasteiger partial charge is 0.332 e. The van der Waals surface area contributed by atoms with Gasteiger partial charge in [-0.15, -0.1) is 0 Å². The van der Waals surface area contributed by atoms with Gasteiger partial charge in [0.1, 0.15) is 4.60 Å². The van der Waals surface area contributed by atoms with Gasteiger partial charge in [0.25, 0.3) is 5.56 Å². The third kappa shape index (κ3) is 2.69. The van der Waals surface area contributed by atoms with Gasteiger partial charge in [0.2, 0.25) is 0 Å². The Labute approximate surface area is 144 Å². The average molecular weight is 389 g/mol. The molecule has 0 saturated heterocycles. The number of nitrogens with zero attached hydrogens (tertiary/aromatic N) is 4. The number of aryl methyl sites for hydroxylation is 1. The Morgan fingerprint density at radius 1 is 1.08 bits per heavy atom. The van der Waals surface area contributed by atoms with E-state index >= 15 is 0 Å². The van der Waals surface area contributed by atoms with E-state index in [0.29, 0.717) is 15.9 Å². The monoisotopic (exact) mass is 388 g/mol. The number of Topliss-reactive ketones (excluding diaryl/α,β-unsaturated/α-hetero) is 1. The molecule has 0 bridgehead atoms. The molecule has 3 aromatic rings. The summed E-state index contributed by atoms with van der Waals surface area (Å²) in [5.74, 6) is -0.133. The van der Waals surface area contributed by atoms with Crippen molar-refractivity contribution in [2.24, 2.45) is 14.1 Å². The Morgan fingerprint density at radius 2 is 1.75 bits per heavy atom. The molecule has 122 valence electrons. The predicted molar refractivity (Wildman–Crippen MR) is 92.2 cm³/mol. The number of aromatic nitrogens is 4. The summed E-state index contributed by atoms with van der Waals surface area (Å²) >= 11 is 3.27. The van der Waals surface area contributed by atoms with Crippen LogP contribution in [0.2, 0.25) is 0 Å². The van der Waals surface area contributed by atoms with Crippen LogP contribution in [-0.2, 0) is 20.5 Å². The van der Waals surface area contributed by atoms with Crippen LogP contribution >= 0.6 is 15.9 Å². The molecule has 24 heavy (non-hydrogen) atoms. The van der Waals surface area contributed by atoms with Gasteiger partial charge in [-0.05, 0) is 15.9 Å². The van der Waals surface area contributed by atoms with Crippen LogP contribution in [0, 0.1) is 0 Å². The lowest BCUT2D eigenvalue weighted by Crippen LogP contribution is -2.38. The lowest BCUT2D eigenvalue weighted by Gasteiger charge is -2.09. The van der Waals surface area contributed by atoms with E-state index in [4.69, 9.17) is 0 Å². The third-order valence-corrected chi connectivity index (χ3v) is 4.36. The fourth-order valence-electron chi connectivity index (χ4n) is 2.37. The van der Waals surface area contributed by atoms with Crippen LogP contribution in [0.25, 0.3) is 11.2 Å². The van der Waals surface area contributed by atoms with Crippen molar-refractivity contribution in [3.63, 3.8) is 0 Å². The first-order valence-corrected chi connectivity index (χ1v) is 7.90. The molecule has 0 unspecified atom stereocenters. The zero-order valence-corrected chi connectivity index (χ0v) is 14.6. The first kappa shape index (κ1) is 16.3. The van der Waals surface area contributed by atoms with E-state index in [2.05, 4.69) is 25.9 Å². The standard InChI is InChI=1S/C16H13BrN4O3/c1-20-14-12(15(23)21(2)16(20)24)18-10(13(17)19-14)8-11(22)9-6-4-3-5-7-9/h3-7H,8H2,1-2H3. The van der Waals surface area contributed by atoms with Crippen molar-refractivity contribution in [3.05, 3.63) is 67.0 Å². The highest BCUT2D eigenvalue weighted by Gasteiger charge is 2.17. The molecule has 2 heterocycles.